The lowest BCUT2D eigenvalue weighted by Crippen LogP contribution is -2.35. The number of aliphatic carboxylic acids is 1. The number of H-pyrrole nitrogens is 1. The third-order valence-corrected chi connectivity index (χ3v) is 3.90. The maximum Gasteiger partial charge on any atom is 0.323 e. The van der Waals surface area contributed by atoms with Crippen LogP contribution in [0.1, 0.15) is 29.1 Å². The van der Waals surface area contributed by atoms with E-state index in [4.69, 9.17) is 19.7 Å². The van der Waals surface area contributed by atoms with Gasteiger partial charge in [-0.3, -0.25) is 14.4 Å². The molecule has 0 unspecified atom stereocenters. The predicted molar refractivity (Wildman–Crippen MR) is 101 cm³/mol. The Balaban J connectivity index is 0.00000122. The van der Waals surface area contributed by atoms with Gasteiger partial charge in [0, 0.05) is 6.42 Å². The third kappa shape index (κ3) is 7.48. The van der Waals surface area contributed by atoms with Crippen molar-refractivity contribution < 1.29 is 29.3 Å². The first-order valence-electron chi connectivity index (χ1n) is 8.52. The first kappa shape index (κ1) is 22.7. The van der Waals surface area contributed by atoms with Crippen LogP contribution >= 0.6 is 0 Å². The maximum absolute atomic E-state index is 12.5. The first-order chi connectivity index (χ1) is 13.3. The molecule has 1 aromatic carbocycles. The summed E-state index contributed by atoms with van der Waals surface area (Å²) in [4.78, 5) is 40.3. The monoisotopic (exact) mass is 391 g/mol. The summed E-state index contributed by atoms with van der Waals surface area (Å²) in [5.74, 6) is 0.250. The number of carbonyl (C=O) groups excluding carboxylic acids is 1. The van der Waals surface area contributed by atoms with Gasteiger partial charge in [0.1, 0.15) is 18.1 Å². The van der Waals surface area contributed by atoms with Gasteiger partial charge in [0.05, 0.1) is 25.5 Å². The molecule has 0 atom stereocenters. The van der Waals surface area contributed by atoms with Crippen molar-refractivity contribution >= 4 is 18.3 Å². The number of aromatic amines is 1. The van der Waals surface area contributed by atoms with E-state index in [2.05, 4.69) is 9.97 Å². The summed E-state index contributed by atoms with van der Waals surface area (Å²) in [7, 11) is 1.61. The number of aromatic nitrogens is 2. The topological polar surface area (TPSA) is 133 Å². The quantitative estimate of drug-likeness (QED) is 0.584. The molecule has 2 aromatic rings. The van der Waals surface area contributed by atoms with Crippen molar-refractivity contribution in [3.05, 3.63) is 47.0 Å². The lowest BCUT2D eigenvalue weighted by Gasteiger charge is -2.20. The summed E-state index contributed by atoms with van der Waals surface area (Å²) in [6, 6.07) is 5.80. The Hall–Kier alpha value is -3.36. The number of carboxylic acids is 1. The standard InChI is InChI=1S/C18H23N3O4.CH2O2/c1-12-4-5-14(8-16(12)25-3)6-7-17(22)21(11-18(23)24)10-15-9-19-13(2)20-15;2-1-3/h4-5,8-9H,6-7,10-11H2,1-3H3,(H,19,20)(H,23,24);1H,(H,2,3). The van der Waals surface area contributed by atoms with Crippen LogP contribution in [0, 0.1) is 13.8 Å². The van der Waals surface area contributed by atoms with Gasteiger partial charge in [0.25, 0.3) is 6.47 Å². The Morgan fingerprint density at radius 3 is 2.54 bits per heavy atom. The van der Waals surface area contributed by atoms with Crippen molar-refractivity contribution in [2.45, 2.75) is 33.2 Å². The summed E-state index contributed by atoms with van der Waals surface area (Å²) in [6.07, 6.45) is 2.36. The van der Waals surface area contributed by atoms with E-state index < -0.39 is 5.97 Å². The lowest BCUT2D eigenvalue weighted by molar-refractivity contribution is -0.144. The van der Waals surface area contributed by atoms with Crippen LogP contribution in [0.4, 0.5) is 0 Å². The molecule has 0 spiro atoms. The molecule has 3 N–H and O–H groups in total. The SMILES string of the molecule is COc1cc(CCC(=O)N(CC(=O)O)Cc2cnc(C)[nH]2)ccc1C.O=CO. The molecule has 0 saturated heterocycles. The zero-order valence-corrected chi connectivity index (χ0v) is 16.1. The van der Waals surface area contributed by atoms with Crippen molar-refractivity contribution in [2.75, 3.05) is 13.7 Å². The molecule has 0 radical (unpaired) electrons. The normalized spacial score (nSPS) is 9.82. The van der Waals surface area contributed by atoms with Gasteiger partial charge in [0.15, 0.2) is 0 Å². The number of nitrogens with zero attached hydrogens (tertiary/aromatic N) is 2. The number of hydrogen-bond acceptors (Lipinski definition) is 5. The number of amides is 1. The van der Waals surface area contributed by atoms with Crippen molar-refractivity contribution in [1.82, 2.24) is 14.9 Å². The molecular formula is C19H25N3O6. The zero-order valence-electron chi connectivity index (χ0n) is 16.1. The van der Waals surface area contributed by atoms with Crippen LogP contribution < -0.4 is 4.74 Å². The number of nitrogens with one attached hydrogen (secondary N) is 1. The molecule has 1 aromatic heterocycles. The highest BCUT2D eigenvalue weighted by Gasteiger charge is 2.18. The van der Waals surface area contributed by atoms with Crippen molar-refractivity contribution in [3.8, 4) is 5.75 Å². The minimum Gasteiger partial charge on any atom is -0.496 e. The average molecular weight is 391 g/mol. The number of hydrogen-bond donors (Lipinski definition) is 3. The lowest BCUT2D eigenvalue weighted by atomic mass is 10.1. The molecule has 28 heavy (non-hydrogen) atoms. The molecule has 9 nitrogen and oxygen atoms in total. The molecule has 0 aliphatic carbocycles. The smallest absolute Gasteiger partial charge is 0.323 e. The number of methoxy groups -OCH3 is 1. The highest BCUT2D eigenvalue weighted by molar-refractivity contribution is 5.81. The van der Waals surface area contributed by atoms with Gasteiger partial charge < -0.3 is 24.8 Å². The van der Waals surface area contributed by atoms with E-state index in [9.17, 15) is 9.59 Å². The van der Waals surface area contributed by atoms with Gasteiger partial charge in [-0.05, 0) is 37.5 Å². The number of ether oxygens (including phenoxy) is 1. The van der Waals surface area contributed by atoms with Gasteiger partial charge in [-0.1, -0.05) is 12.1 Å². The molecule has 0 bridgehead atoms. The van der Waals surface area contributed by atoms with Gasteiger partial charge in [-0.15, -0.1) is 0 Å². The summed E-state index contributed by atoms with van der Waals surface area (Å²) >= 11 is 0. The number of benzene rings is 1. The van der Waals surface area contributed by atoms with E-state index in [0.29, 0.717) is 12.1 Å². The highest BCUT2D eigenvalue weighted by Crippen LogP contribution is 2.20. The van der Waals surface area contributed by atoms with Crippen molar-refractivity contribution in [3.63, 3.8) is 0 Å². The summed E-state index contributed by atoms with van der Waals surface area (Å²) < 4.78 is 5.29. The largest absolute Gasteiger partial charge is 0.496 e. The second kappa shape index (κ2) is 11.4. The van der Waals surface area contributed by atoms with E-state index in [1.165, 1.54) is 4.90 Å². The van der Waals surface area contributed by atoms with Gasteiger partial charge in [0.2, 0.25) is 5.91 Å². The van der Waals surface area contributed by atoms with E-state index in [0.717, 1.165) is 22.7 Å². The fraction of sp³-hybridized carbons (Fsp3) is 0.368. The second-order valence-electron chi connectivity index (χ2n) is 6.05. The molecule has 9 heteroatoms. The van der Waals surface area contributed by atoms with Crippen LogP contribution in [0.5, 0.6) is 5.75 Å². The van der Waals surface area contributed by atoms with Gasteiger partial charge in [-0.2, -0.15) is 0 Å². The highest BCUT2D eigenvalue weighted by atomic mass is 16.5. The van der Waals surface area contributed by atoms with Gasteiger partial charge >= 0.3 is 5.97 Å². The Morgan fingerprint density at radius 2 is 2.00 bits per heavy atom. The Labute approximate surface area is 163 Å². The molecule has 2 rings (SSSR count). The third-order valence-electron chi connectivity index (χ3n) is 3.90. The van der Waals surface area contributed by atoms with Gasteiger partial charge in [-0.25, -0.2) is 4.98 Å². The second-order valence-corrected chi connectivity index (χ2v) is 6.05. The zero-order chi connectivity index (χ0) is 21.1. The molecule has 152 valence electrons. The fourth-order valence-corrected chi connectivity index (χ4v) is 2.58. The van der Waals surface area contributed by atoms with Crippen LogP contribution in [-0.4, -0.2) is 57.1 Å². The number of aryl methyl sites for hydroxylation is 3. The van der Waals surface area contributed by atoms with E-state index in [-0.39, 0.29) is 31.9 Å². The Morgan fingerprint density at radius 1 is 1.32 bits per heavy atom. The Kier molecular flexibility index (Phi) is 9.21. The van der Waals surface area contributed by atoms with Crippen LogP contribution in [0.2, 0.25) is 0 Å². The van der Waals surface area contributed by atoms with Crippen LogP contribution in [0.25, 0.3) is 0 Å². The molecule has 0 fully saturated rings. The minimum atomic E-state index is -1.04. The molecule has 0 saturated carbocycles. The molecule has 0 aliphatic heterocycles. The number of carboxylic acid groups (broad SMARTS) is 2. The maximum atomic E-state index is 12.5. The van der Waals surface area contributed by atoms with E-state index in [1.54, 1.807) is 20.2 Å². The van der Waals surface area contributed by atoms with Crippen LogP contribution in [0.15, 0.2) is 24.4 Å². The predicted octanol–water partition coefficient (Wildman–Crippen LogP) is 1.78. The van der Waals surface area contributed by atoms with Crippen molar-refractivity contribution in [2.24, 2.45) is 0 Å². The Bertz CT molecular complexity index is 803. The number of imidazole rings is 1. The molecular weight excluding hydrogens is 366 g/mol. The van der Waals surface area contributed by atoms with Crippen LogP contribution in [0.3, 0.4) is 0 Å². The van der Waals surface area contributed by atoms with E-state index >= 15 is 0 Å². The summed E-state index contributed by atoms with van der Waals surface area (Å²) in [5.41, 5.74) is 2.72. The summed E-state index contributed by atoms with van der Waals surface area (Å²) in [6.45, 7) is 3.36. The first-order valence-corrected chi connectivity index (χ1v) is 8.52. The fourth-order valence-electron chi connectivity index (χ4n) is 2.58. The molecule has 1 heterocycles. The number of carbonyl (C=O) groups is 3. The van der Waals surface area contributed by atoms with Crippen LogP contribution in [-0.2, 0) is 27.3 Å². The average Bonchev–Trinajstić information content (AvgIpc) is 3.05. The minimum absolute atomic E-state index is 0.198. The van der Waals surface area contributed by atoms with Crippen molar-refractivity contribution in [1.29, 1.82) is 0 Å². The summed E-state index contributed by atoms with van der Waals surface area (Å²) in [5, 5.41) is 16.0. The van der Waals surface area contributed by atoms with E-state index in [1.807, 2.05) is 25.1 Å². The number of rotatable bonds is 8. The molecule has 1 amide bonds. The molecule has 0 aliphatic rings.